The molecule has 0 radical (unpaired) electrons. The average Bonchev–Trinajstić information content (AvgIpc) is 2.40. The number of nitrogens with two attached hydrogens (primary N) is 1. The van der Waals surface area contributed by atoms with Crippen LogP contribution in [0.2, 0.25) is 0 Å². The van der Waals surface area contributed by atoms with Crippen LogP contribution in [0.5, 0.6) is 0 Å². The normalized spacial score (nSPS) is 33.7. The molecule has 1 aromatic rings. The van der Waals surface area contributed by atoms with Gasteiger partial charge in [-0.3, -0.25) is 5.10 Å². The van der Waals surface area contributed by atoms with E-state index in [1.165, 1.54) is 5.56 Å². The Morgan fingerprint density at radius 1 is 1.64 bits per heavy atom. The standard InChI is InChI=1S/C8H13N3/c1-8(2)6(7(8)9)5-3-10-11-4-5/h3-4,6-7H,9H2,1-2H3,(H,10,11)/t6-,7-/m0/s1. The number of aromatic nitrogens is 2. The molecule has 1 aliphatic carbocycles. The number of hydrogen-bond acceptors (Lipinski definition) is 2. The van der Waals surface area contributed by atoms with Crippen LogP contribution in [0.25, 0.3) is 0 Å². The highest BCUT2D eigenvalue weighted by atomic mass is 15.1. The molecule has 1 heterocycles. The molecule has 3 N–H and O–H groups in total. The first-order valence-corrected chi connectivity index (χ1v) is 3.88. The summed E-state index contributed by atoms with van der Waals surface area (Å²) >= 11 is 0. The summed E-state index contributed by atoms with van der Waals surface area (Å²) in [5.74, 6) is 0.501. The van der Waals surface area contributed by atoms with Crippen molar-refractivity contribution in [3.05, 3.63) is 18.0 Å². The maximum absolute atomic E-state index is 5.89. The molecule has 3 nitrogen and oxygen atoms in total. The lowest BCUT2D eigenvalue weighted by molar-refractivity contribution is 0.599. The lowest BCUT2D eigenvalue weighted by Crippen LogP contribution is -2.06. The Balaban J connectivity index is 2.23. The lowest BCUT2D eigenvalue weighted by Gasteiger charge is -1.97. The van der Waals surface area contributed by atoms with Crippen molar-refractivity contribution in [3.8, 4) is 0 Å². The minimum Gasteiger partial charge on any atom is -0.327 e. The minimum absolute atomic E-state index is 0.268. The third-order valence-electron chi connectivity index (χ3n) is 2.79. The first-order valence-electron chi connectivity index (χ1n) is 3.88. The third-order valence-corrected chi connectivity index (χ3v) is 2.79. The van der Waals surface area contributed by atoms with Gasteiger partial charge in [-0.25, -0.2) is 0 Å². The van der Waals surface area contributed by atoms with Crippen LogP contribution in [-0.4, -0.2) is 16.2 Å². The van der Waals surface area contributed by atoms with Crippen LogP contribution < -0.4 is 5.73 Å². The quantitative estimate of drug-likeness (QED) is 0.625. The molecular formula is C8H13N3. The van der Waals surface area contributed by atoms with E-state index in [1.54, 1.807) is 0 Å². The maximum Gasteiger partial charge on any atom is 0.0522 e. The lowest BCUT2D eigenvalue weighted by atomic mass is 10.1. The Morgan fingerprint density at radius 3 is 2.64 bits per heavy atom. The zero-order valence-electron chi connectivity index (χ0n) is 6.83. The SMILES string of the molecule is CC1(C)[C@@H](N)[C@@H]1c1cn[nH]c1. The monoisotopic (exact) mass is 151 g/mol. The Bertz CT molecular complexity index is 250. The molecule has 1 saturated carbocycles. The van der Waals surface area contributed by atoms with E-state index in [9.17, 15) is 0 Å². The fraction of sp³-hybridized carbons (Fsp3) is 0.625. The molecule has 0 amide bonds. The van der Waals surface area contributed by atoms with Crippen molar-refractivity contribution in [2.75, 3.05) is 0 Å². The van der Waals surface area contributed by atoms with E-state index >= 15 is 0 Å². The van der Waals surface area contributed by atoms with Gasteiger partial charge >= 0.3 is 0 Å². The number of rotatable bonds is 1. The molecule has 3 heteroatoms. The minimum atomic E-state index is 0.268. The summed E-state index contributed by atoms with van der Waals surface area (Å²) in [5.41, 5.74) is 7.40. The highest BCUT2D eigenvalue weighted by Gasteiger charge is 2.56. The largest absolute Gasteiger partial charge is 0.327 e. The van der Waals surface area contributed by atoms with Gasteiger partial charge in [-0.05, 0) is 11.0 Å². The summed E-state index contributed by atoms with van der Waals surface area (Å²) in [6.45, 7) is 4.38. The van der Waals surface area contributed by atoms with E-state index in [0.717, 1.165) is 0 Å². The Labute approximate surface area is 66.0 Å². The summed E-state index contributed by atoms with van der Waals surface area (Å²) in [6, 6.07) is 0.306. The second kappa shape index (κ2) is 1.85. The van der Waals surface area contributed by atoms with Crippen LogP contribution >= 0.6 is 0 Å². The van der Waals surface area contributed by atoms with Crippen LogP contribution in [0.4, 0.5) is 0 Å². The maximum atomic E-state index is 5.89. The van der Waals surface area contributed by atoms with Gasteiger partial charge in [0.2, 0.25) is 0 Å². The van der Waals surface area contributed by atoms with E-state index in [4.69, 9.17) is 5.73 Å². The van der Waals surface area contributed by atoms with E-state index in [2.05, 4.69) is 24.0 Å². The first-order chi connectivity index (χ1) is 5.14. The van der Waals surface area contributed by atoms with Crippen LogP contribution in [0.15, 0.2) is 12.4 Å². The van der Waals surface area contributed by atoms with Gasteiger partial charge < -0.3 is 5.73 Å². The van der Waals surface area contributed by atoms with Crippen LogP contribution in [0.3, 0.4) is 0 Å². The van der Waals surface area contributed by atoms with Crippen molar-refractivity contribution in [2.24, 2.45) is 11.1 Å². The van der Waals surface area contributed by atoms with Gasteiger partial charge in [0.05, 0.1) is 6.20 Å². The van der Waals surface area contributed by atoms with Gasteiger partial charge in [0.25, 0.3) is 0 Å². The molecule has 0 saturated heterocycles. The molecule has 1 aliphatic rings. The molecule has 2 rings (SSSR count). The van der Waals surface area contributed by atoms with E-state index in [0.29, 0.717) is 12.0 Å². The fourth-order valence-electron chi connectivity index (χ4n) is 1.75. The Kier molecular flexibility index (Phi) is 1.16. The van der Waals surface area contributed by atoms with Crippen molar-refractivity contribution in [1.29, 1.82) is 0 Å². The molecular weight excluding hydrogens is 138 g/mol. The summed E-state index contributed by atoms with van der Waals surface area (Å²) < 4.78 is 0. The second-order valence-electron chi connectivity index (χ2n) is 3.86. The molecule has 0 spiro atoms. The molecule has 0 bridgehead atoms. The van der Waals surface area contributed by atoms with Crippen molar-refractivity contribution >= 4 is 0 Å². The molecule has 0 unspecified atom stereocenters. The van der Waals surface area contributed by atoms with Crippen LogP contribution in [0, 0.1) is 5.41 Å². The predicted molar refractivity (Wildman–Crippen MR) is 43.1 cm³/mol. The summed E-state index contributed by atoms with van der Waals surface area (Å²) in [5, 5.41) is 6.71. The second-order valence-corrected chi connectivity index (χ2v) is 3.86. The van der Waals surface area contributed by atoms with Gasteiger partial charge in [0.1, 0.15) is 0 Å². The third kappa shape index (κ3) is 0.807. The topological polar surface area (TPSA) is 54.7 Å². The molecule has 0 aliphatic heterocycles. The summed E-state index contributed by atoms with van der Waals surface area (Å²) in [7, 11) is 0. The predicted octanol–water partition coefficient (Wildman–Crippen LogP) is 0.860. The number of aromatic amines is 1. The van der Waals surface area contributed by atoms with Gasteiger partial charge in [0, 0.05) is 18.2 Å². The molecule has 60 valence electrons. The number of H-pyrrole nitrogens is 1. The summed E-state index contributed by atoms with van der Waals surface area (Å²) in [6.07, 6.45) is 3.79. The smallest absolute Gasteiger partial charge is 0.0522 e. The summed E-state index contributed by atoms with van der Waals surface area (Å²) in [4.78, 5) is 0. The van der Waals surface area contributed by atoms with Gasteiger partial charge in [-0.2, -0.15) is 5.10 Å². The van der Waals surface area contributed by atoms with Crippen molar-refractivity contribution in [2.45, 2.75) is 25.8 Å². The zero-order valence-corrected chi connectivity index (χ0v) is 6.83. The number of nitrogens with zero attached hydrogens (tertiary/aromatic N) is 1. The highest BCUT2D eigenvalue weighted by molar-refractivity contribution is 5.30. The number of nitrogens with one attached hydrogen (secondary N) is 1. The van der Waals surface area contributed by atoms with Crippen LogP contribution in [-0.2, 0) is 0 Å². The van der Waals surface area contributed by atoms with E-state index in [-0.39, 0.29) is 5.41 Å². The van der Waals surface area contributed by atoms with Crippen molar-refractivity contribution in [1.82, 2.24) is 10.2 Å². The Hall–Kier alpha value is -0.830. The van der Waals surface area contributed by atoms with Gasteiger partial charge in [0.15, 0.2) is 0 Å². The van der Waals surface area contributed by atoms with E-state index in [1.807, 2.05) is 12.4 Å². The molecule has 0 aromatic carbocycles. The zero-order chi connectivity index (χ0) is 8.06. The van der Waals surface area contributed by atoms with Gasteiger partial charge in [-0.1, -0.05) is 13.8 Å². The molecule has 1 aromatic heterocycles. The molecule has 11 heavy (non-hydrogen) atoms. The molecule has 2 atom stereocenters. The average molecular weight is 151 g/mol. The fourth-order valence-corrected chi connectivity index (χ4v) is 1.75. The molecule has 1 fully saturated rings. The Morgan fingerprint density at radius 2 is 2.27 bits per heavy atom. The van der Waals surface area contributed by atoms with Gasteiger partial charge in [-0.15, -0.1) is 0 Å². The first kappa shape index (κ1) is 6.85. The van der Waals surface area contributed by atoms with Crippen molar-refractivity contribution < 1.29 is 0 Å². The van der Waals surface area contributed by atoms with Crippen LogP contribution in [0.1, 0.15) is 25.3 Å². The number of hydrogen-bond donors (Lipinski definition) is 2. The van der Waals surface area contributed by atoms with E-state index < -0.39 is 0 Å². The van der Waals surface area contributed by atoms with Crippen molar-refractivity contribution in [3.63, 3.8) is 0 Å². The highest BCUT2D eigenvalue weighted by Crippen LogP contribution is 2.56.